The second-order valence-electron chi connectivity index (χ2n) is 4.34. The first kappa shape index (κ1) is 12.4. The van der Waals surface area contributed by atoms with Gasteiger partial charge in [-0.3, -0.25) is 0 Å². The van der Waals surface area contributed by atoms with Gasteiger partial charge < -0.3 is 10.1 Å². The Morgan fingerprint density at radius 2 is 2.21 bits per heavy atom. The van der Waals surface area contributed by atoms with Crippen molar-refractivity contribution in [1.82, 2.24) is 4.98 Å². The molecule has 19 heavy (non-hydrogen) atoms. The van der Waals surface area contributed by atoms with E-state index in [4.69, 9.17) is 0 Å². The Morgan fingerprint density at radius 1 is 1.42 bits per heavy atom. The number of fused-ring (bicyclic) bond motifs is 1. The van der Waals surface area contributed by atoms with Crippen LogP contribution in [-0.2, 0) is 0 Å². The van der Waals surface area contributed by atoms with Crippen LogP contribution in [0.3, 0.4) is 0 Å². The van der Waals surface area contributed by atoms with E-state index in [0.717, 1.165) is 31.4 Å². The van der Waals surface area contributed by atoms with E-state index in [1.54, 1.807) is 0 Å². The van der Waals surface area contributed by atoms with Crippen molar-refractivity contribution in [2.24, 2.45) is 0 Å². The van der Waals surface area contributed by atoms with Gasteiger partial charge >= 0.3 is 5.97 Å². The van der Waals surface area contributed by atoms with Crippen molar-refractivity contribution in [3.8, 4) is 11.1 Å². The van der Waals surface area contributed by atoms with Gasteiger partial charge in [0.25, 0.3) is 0 Å². The normalized spacial score (nSPS) is 11.1. The number of aromatic nitrogens is 1. The second-order valence-corrected chi connectivity index (χ2v) is 6.07. The van der Waals surface area contributed by atoms with Crippen molar-refractivity contribution < 1.29 is 9.90 Å². The Balaban J connectivity index is 2.37. The van der Waals surface area contributed by atoms with Crippen LogP contribution in [0, 0.1) is 6.92 Å². The molecular formula is C14H10BrNO2S. The lowest BCUT2D eigenvalue weighted by molar-refractivity contribution is 0.0692. The maximum Gasteiger partial charge on any atom is 0.353 e. The van der Waals surface area contributed by atoms with Crippen molar-refractivity contribution in [2.75, 3.05) is 0 Å². The van der Waals surface area contributed by atoms with E-state index in [1.807, 2.05) is 36.6 Å². The summed E-state index contributed by atoms with van der Waals surface area (Å²) in [6.45, 7) is 2.00. The van der Waals surface area contributed by atoms with Crippen molar-refractivity contribution >= 4 is 43.5 Å². The molecule has 96 valence electrons. The largest absolute Gasteiger partial charge is 0.477 e. The van der Waals surface area contributed by atoms with Crippen LogP contribution in [0.15, 0.2) is 34.1 Å². The van der Waals surface area contributed by atoms with E-state index in [2.05, 4.69) is 20.9 Å². The number of nitrogens with one attached hydrogen (secondary N) is 1. The standard InChI is InChI=1S/C14H10BrNO2S/c1-7-3-2-4-8(5-7)10-12(14(17)18)16-11-9(15)6-19-13(10)11/h2-6,16H,1H3,(H,17,18). The molecular weight excluding hydrogens is 326 g/mol. The zero-order valence-corrected chi connectivity index (χ0v) is 12.4. The van der Waals surface area contributed by atoms with Crippen LogP contribution in [-0.4, -0.2) is 16.1 Å². The molecule has 0 spiro atoms. The SMILES string of the molecule is Cc1cccc(-c2c(C(=O)O)[nH]c3c(Br)csc23)c1. The number of hydrogen-bond acceptors (Lipinski definition) is 2. The molecule has 2 aromatic heterocycles. The number of carboxylic acids is 1. The van der Waals surface area contributed by atoms with Crippen LogP contribution in [0.5, 0.6) is 0 Å². The van der Waals surface area contributed by atoms with E-state index in [9.17, 15) is 9.90 Å². The van der Waals surface area contributed by atoms with E-state index < -0.39 is 5.97 Å². The maximum atomic E-state index is 11.4. The predicted molar refractivity (Wildman–Crippen MR) is 81.0 cm³/mol. The number of halogens is 1. The Labute approximate surface area is 122 Å². The van der Waals surface area contributed by atoms with Gasteiger partial charge in [-0.2, -0.15) is 0 Å². The molecule has 0 unspecified atom stereocenters. The summed E-state index contributed by atoms with van der Waals surface area (Å²) >= 11 is 4.97. The fraction of sp³-hybridized carbons (Fsp3) is 0.0714. The summed E-state index contributed by atoms with van der Waals surface area (Å²) in [7, 11) is 0. The summed E-state index contributed by atoms with van der Waals surface area (Å²) in [5.74, 6) is -0.938. The molecule has 0 fully saturated rings. The number of thiophene rings is 1. The monoisotopic (exact) mass is 335 g/mol. The molecule has 3 nitrogen and oxygen atoms in total. The number of rotatable bonds is 2. The smallest absolute Gasteiger partial charge is 0.353 e. The van der Waals surface area contributed by atoms with Gasteiger partial charge in [0.05, 0.1) is 14.7 Å². The number of benzene rings is 1. The molecule has 0 aliphatic carbocycles. The number of aryl methyl sites for hydroxylation is 1. The highest BCUT2D eigenvalue weighted by molar-refractivity contribution is 9.10. The van der Waals surface area contributed by atoms with Crippen molar-refractivity contribution in [3.63, 3.8) is 0 Å². The molecule has 0 bridgehead atoms. The van der Waals surface area contributed by atoms with Crippen molar-refractivity contribution in [1.29, 1.82) is 0 Å². The molecule has 2 heterocycles. The van der Waals surface area contributed by atoms with Gasteiger partial charge in [-0.15, -0.1) is 11.3 Å². The number of H-pyrrole nitrogens is 1. The summed E-state index contributed by atoms with van der Waals surface area (Å²) in [5.41, 5.74) is 3.89. The molecule has 3 rings (SSSR count). The number of carbonyl (C=O) groups is 1. The fourth-order valence-corrected chi connectivity index (χ4v) is 3.84. The molecule has 0 aliphatic rings. The molecule has 0 radical (unpaired) electrons. The first-order chi connectivity index (χ1) is 9.08. The summed E-state index contributed by atoms with van der Waals surface area (Å²) < 4.78 is 1.86. The molecule has 0 aliphatic heterocycles. The molecule has 1 aromatic carbocycles. The first-order valence-corrected chi connectivity index (χ1v) is 7.34. The highest BCUT2D eigenvalue weighted by Crippen LogP contribution is 2.40. The van der Waals surface area contributed by atoms with E-state index in [1.165, 1.54) is 11.3 Å². The van der Waals surface area contributed by atoms with Crippen LogP contribution >= 0.6 is 27.3 Å². The minimum absolute atomic E-state index is 0.244. The molecule has 0 saturated carbocycles. The summed E-state index contributed by atoms with van der Waals surface area (Å²) in [6.07, 6.45) is 0. The molecule has 3 aromatic rings. The molecule has 0 saturated heterocycles. The topological polar surface area (TPSA) is 53.1 Å². The predicted octanol–water partition coefficient (Wildman–Crippen LogP) is 4.67. The van der Waals surface area contributed by atoms with E-state index >= 15 is 0 Å². The van der Waals surface area contributed by atoms with Gasteiger partial charge in [0.15, 0.2) is 0 Å². The third-order valence-electron chi connectivity index (χ3n) is 2.99. The fourth-order valence-electron chi connectivity index (χ4n) is 2.17. The van der Waals surface area contributed by atoms with Gasteiger partial charge in [0.2, 0.25) is 0 Å². The molecule has 0 atom stereocenters. The lowest BCUT2D eigenvalue weighted by Crippen LogP contribution is -1.98. The van der Waals surface area contributed by atoms with Crippen LogP contribution in [0.4, 0.5) is 0 Å². The zero-order valence-electron chi connectivity index (χ0n) is 10.0. The van der Waals surface area contributed by atoms with Crippen LogP contribution in [0.25, 0.3) is 21.3 Å². The summed E-state index contributed by atoms with van der Waals surface area (Å²) in [6, 6.07) is 7.88. The number of aromatic carboxylic acids is 1. The number of carboxylic acid groups (broad SMARTS) is 1. The van der Waals surface area contributed by atoms with Crippen molar-refractivity contribution in [3.05, 3.63) is 45.4 Å². The van der Waals surface area contributed by atoms with E-state index in [0.29, 0.717) is 0 Å². The minimum Gasteiger partial charge on any atom is -0.477 e. The van der Waals surface area contributed by atoms with Gasteiger partial charge in [-0.1, -0.05) is 29.8 Å². The Kier molecular flexibility index (Phi) is 2.95. The number of hydrogen-bond donors (Lipinski definition) is 2. The van der Waals surface area contributed by atoms with Gasteiger partial charge in [-0.05, 0) is 28.4 Å². The highest BCUT2D eigenvalue weighted by atomic mass is 79.9. The van der Waals surface area contributed by atoms with Crippen LogP contribution in [0.2, 0.25) is 0 Å². The quantitative estimate of drug-likeness (QED) is 0.715. The Morgan fingerprint density at radius 3 is 2.89 bits per heavy atom. The van der Waals surface area contributed by atoms with Gasteiger partial charge in [-0.25, -0.2) is 4.79 Å². The zero-order chi connectivity index (χ0) is 13.6. The third kappa shape index (κ3) is 1.99. The molecule has 0 amide bonds. The van der Waals surface area contributed by atoms with E-state index in [-0.39, 0.29) is 5.69 Å². The minimum atomic E-state index is -0.938. The van der Waals surface area contributed by atoms with Gasteiger partial charge in [0.1, 0.15) is 5.69 Å². The van der Waals surface area contributed by atoms with Gasteiger partial charge in [0, 0.05) is 10.9 Å². The number of aromatic amines is 1. The maximum absolute atomic E-state index is 11.4. The van der Waals surface area contributed by atoms with Crippen molar-refractivity contribution in [2.45, 2.75) is 6.92 Å². The molecule has 2 N–H and O–H groups in total. The summed E-state index contributed by atoms with van der Waals surface area (Å²) in [5, 5.41) is 11.3. The first-order valence-electron chi connectivity index (χ1n) is 5.67. The third-order valence-corrected chi connectivity index (χ3v) is 4.92. The average molecular weight is 336 g/mol. The molecule has 5 heteroatoms. The lowest BCUT2D eigenvalue weighted by Gasteiger charge is -2.02. The van der Waals surface area contributed by atoms with Crippen LogP contribution < -0.4 is 0 Å². The van der Waals surface area contributed by atoms with Crippen LogP contribution in [0.1, 0.15) is 16.1 Å². The average Bonchev–Trinajstić information content (AvgIpc) is 2.90. The highest BCUT2D eigenvalue weighted by Gasteiger charge is 2.21. The second kappa shape index (κ2) is 4.51. The Hall–Kier alpha value is -1.59. The summed E-state index contributed by atoms with van der Waals surface area (Å²) in [4.78, 5) is 14.4. The lowest BCUT2D eigenvalue weighted by atomic mass is 10.0. The Bertz CT molecular complexity index is 788.